The van der Waals surface area contributed by atoms with Crippen molar-refractivity contribution in [1.82, 2.24) is 0 Å². The van der Waals surface area contributed by atoms with E-state index in [2.05, 4.69) is 0 Å². The van der Waals surface area contributed by atoms with E-state index in [4.69, 9.17) is 13.2 Å². The number of ketones is 2. The van der Waals surface area contributed by atoms with Crippen LogP contribution in [0.1, 0.15) is 50.8 Å². The number of carbonyl (C=O) groups excluding carboxylic acids is 2. The van der Waals surface area contributed by atoms with Gasteiger partial charge in [-0.25, -0.2) is 0 Å². The molecule has 0 radical (unpaired) electrons. The molecule has 208 valence electrons. The molecule has 0 amide bonds. The first-order chi connectivity index (χ1) is 19.6. The maximum atomic E-state index is 13.2. The third kappa shape index (κ3) is 4.86. The third-order valence-electron chi connectivity index (χ3n) is 7.20. The number of hydrogen-bond donors (Lipinski definition) is 5. The van der Waals surface area contributed by atoms with Crippen LogP contribution in [0.5, 0.6) is 46.0 Å². The van der Waals surface area contributed by atoms with Gasteiger partial charge >= 0.3 is 240 Å². The Morgan fingerprint density at radius 1 is 0.732 bits per heavy atom. The summed E-state index contributed by atoms with van der Waals surface area (Å²) in [6.07, 6.45) is -0.799. The van der Waals surface area contributed by atoms with E-state index in [-0.39, 0.29) is 70.0 Å². The summed E-state index contributed by atoms with van der Waals surface area (Å²) >= 11 is -2.52. The van der Waals surface area contributed by atoms with Gasteiger partial charge in [-0.2, -0.15) is 0 Å². The van der Waals surface area contributed by atoms with E-state index in [1.807, 2.05) is 0 Å². The molecule has 0 aromatic heterocycles. The summed E-state index contributed by atoms with van der Waals surface area (Å²) in [5.74, 6) is -1.28. The predicted octanol–water partition coefficient (Wildman–Crippen LogP) is 3.90. The fourth-order valence-electron chi connectivity index (χ4n) is 5.20. The number of rotatable bonds is 5. The first kappa shape index (κ1) is 26.4. The summed E-state index contributed by atoms with van der Waals surface area (Å²) in [6.45, 7) is 0. The predicted molar refractivity (Wildman–Crippen MR) is 147 cm³/mol. The van der Waals surface area contributed by atoms with Crippen LogP contribution in [0, 0.1) is 0 Å². The Morgan fingerprint density at radius 2 is 1.37 bits per heavy atom. The number of Topliss-reactive ketones (excluding diaryl/α,β-unsaturated/α-hetero) is 2. The molecule has 0 spiro atoms. The molecule has 2 atom stereocenters. The summed E-state index contributed by atoms with van der Waals surface area (Å²) in [5, 5.41) is 50.5. The molecule has 0 bridgehead atoms. The zero-order valence-corrected chi connectivity index (χ0v) is 24.4. The summed E-state index contributed by atoms with van der Waals surface area (Å²) in [7, 11) is 0. The van der Waals surface area contributed by atoms with Gasteiger partial charge in [-0.05, 0) is 0 Å². The van der Waals surface area contributed by atoms with Crippen LogP contribution in [0.2, 0.25) is 0 Å². The van der Waals surface area contributed by atoms with Gasteiger partial charge in [0.25, 0.3) is 0 Å². The second-order valence-electron chi connectivity index (χ2n) is 10.0. The van der Waals surface area contributed by atoms with Crippen molar-refractivity contribution in [2.75, 3.05) is 0 Å². The average Bonchev–Trinajstić information content (AvgIpc) is 2.91. The number of fused-ring (bicyclic) bond motifs is 2. The van der Waals surface area contributed by atoms with Crippen molar-refractivity contribution in [2.45, 2.75) is 23.4 Å². The molecule has 11 heteroatoms. The minimum absolute atomic E-state index is 0.00000726. The molecule has 0 saturated heterocycles. The number of benzene rings is 4. The van der Waals surface area contributed by atoms with Gasteiger partial charge in [-0.1, -0.05) is 0 Å². The van der Waals surface area contributed by atoms with Gasteiger partial charge < -0.3 is 0 Å². The van der Waals surface area contributed by atoms with E-state index in [0.29, 0.717) is 11.1 Å². The molecular weight excluding hydrogens is 593 g/mol. The number of carbonyl (C=O) groups is 2. The molecule has 2 unspecified atom stereocenters. The first-order valence-electron chi connectivity index (χ1n) is 12.7. The maximum absolute atomic E-state index is 13.2. The molecule has 2 aliphatic heterocycles. The number of phenolic OH excluding ortho intramolecular Hbond substituents is 5. The molecule has 0 fully saturated rings. The number of phenols is 5. The molecule has 5 N–H and O–H groups in total. The summed E-state index contributed by atoms with van der Waals surface area (Å²) < 4.78 is 17.3. The van der Waals surface area contributed by atoms with Gasteiger partial charge in [-0.15, -0.1) is 0 Å². The molecule has 0 aliphatic carbocycles. The van der Waals surface area contributed by atoms with Crippen LogP contribution in [-0.4, -0.2) is 52.9 Å². The van der Waals surface area contributed by atoms with Crippen LogP contribution < -0.4 is 13.2 Å². The fourth-order valence-corrected chi connectivity index (χ4v) is 8.38. The van der Waals surface area contributed by atoms with Crippen molar-refractivity contribution in [1.29, 1.82) is 0 Å². The van der Waals surface area contributed by atoms with Gasteiger partial charge in [0, 0.05) is 0 Å². The van der Waals surface area contributed by atoms with E-state index in [0.717, 1.165) is 6.07 Å². The van der Waals surface area contributed by atoms with E-state index >= 15 is 0 Å². The van der Waals surface area contributed by atoms with E-state index in [9.17, 15) is 35.1 Å². The minimum atomic E-state index is -2.52. The van der Waals surface area contributed by atoms with Crippen LogP contribution in [0.15, 0.2) is 72.8 Å². The Hall–Kier alpha value is -4.84. The standard InChI is InChI=1S/C30H24GeO10/c32-17-5-1-15(2-6-17)25-13-23(37)28-22(36)11-20(12-26(28)39-25)41-31-30(16-3-7-18(33)8-4-16)14-24(38)29-21(35)9-19(34)10-27(29)40-30/h1-12,25,32-36H,13-14,31H2. The van der Waals surface area contributed by atoms with E-state index in [1.165, 1.54) is 42.5 Å². The van der Waals surface area contributed by atoms with Crippen molar-refractivity contribution in [3.05, 3.63) is 95.1 Å². The first-order valence-corrected chi connectivity index (χ1v) is 15.4. The van der Waals surface area contributed by atoms with Gasteiger partial charge in [0.15, 0.2) is 0 Å². The summed E-state index contributed by atoms with van der Waals surface area (Å²) in [6, 6.07) is 17.6. The van der Waals surface area contributed by atoms with E-state index < -0.39 is 37.8 Å². The van der Waals surface area contributed by atoms with E-state index in [1.54, 1.807) is 24.3 Å². The molecule has 2 heterocycles. The quantitative estimate of drug-likeness (QED) is 0.208. The third-order valence-corrected chi connectivity index (χ3v) is 10.9. The summed E-state index contributed by atoms with van der Waals surface area (Å²) in [5.41, 5.74) is 1.23. The van der Waals surface area contributed by atoms with Crippen molar-refractivity contribution in [3.63, 3.8) is 0 Å². The summed E-state index contributed by atoms with van der Waals surface area (Å²) in [4.78, 5) is 26.2. The van der Waals surface area contributed by atoms with Crippen molar-refractivity contribution >= 4 is 27.3 Å². The van der Waals surface area contributed by atoms with Crippen LogP contribution in [0.25, 0.3) is 0 Å². The second kappa shape index (κ2) is 9.97. The molecule has 2 aliphatic rings. The van der Waals surface area contributed by atoms with Gasteiger partial charge in [0.05, 0.1) is 0 Å². The average molecular weight is 617 g/mol. The normalized spacial score (nSPS) is 19.8. The van der Waals surface area contributed by atoms with Crippen LogP contribution in [0.3, 0.4) is 0 Å². The SMILES string of the molecule is O=C1CC(c2ccc(O)cc2)Oc2cc([O][GeH2][C]3(c4ccc(O)cc4)CC(=O)c4c(O)cc(O)cc4O3)cc(O)c21. The second-order valence-corrected chi connectivity index (χ2v) is 13.6. The molecule has 4 aromatic rings. The van der Waals surface area contributed by atoms with Crippen LogP contribution >= 0.6 is 0 Å². The van der Waals surface area contributed by atoms with Gasteiger partial charge in [0.2, 0.25) is 0 Å². The van der Waals surface area contributed by atoms with Crippen molar-refractivity contribution < 1.29 is 48.4 Å². The van der Waals surface area contributed by atoms with Gasteiger partial charge in [0.1, 0.15) is 0 Å². The van der Waals surface area contributed by atoms with Crippen molar-refractivity contribution in [2.24, 2.45) is 0 Å². The van der Waals surface area contributed by atoms with Crippen molar-refractivity contribution in [3.8, 4) is 46.0 Å². The molecule has 4 aromatic carbocycles. The Kier molecular flexibility index (Phi) is 6.42. The Bertz CT molecular complexity index is 1680. The molecular formula is C30H24GeO10. The van der Waals surface area contributed by atoms with Crippen LogP contribution in [0.4, 0.5) is 0 Å². The molecule has 6 rings (SSSR count). The Balaban J connectivity index is 1.34. The Morgan fingerprint density at radius 3 is 2.07 bits per heavy atom. The zero-order chi connectivity index (χ0) is 28.9. The Labute approximate surface area is 239 Å². The molecule has 41 heavy (non-hydrogen) atoms. The zero-order valence-electron chi connectivity index (χ0n) is 21.4. The number of ether oxygens (including phenoxy) is 2. The monoisotopic (exact) mass is 618 g/mol. The fraction of sp³-hybridized carbons (Fsp3) is 0.133. The van der Waals surface area contributed by atoms with Gasteiger partial charge in [-0.3, -0.25) is 0 Å². The molecule has 10 nitrogen and oxygen atoms in total. The van der Waals surface area contributed by atoms with Crippen LogP contribution in [-0.2, 0) is 4.43 Å². The molecule has 0 saturated carbocycles. The number of aromatic hydroxyl groups is 5. The number of hydrogen-bond acceptors (Lipinski definition) is 10. The topological polar surface area (TPSA) is 163 Å².